The van der Waals surface area contributed by atoms with Gasteiger partial charge in [-0.3, -0.25) is 4.79 Å². The van der Waals surface area contributed by atoms with Gasteiger partial charge in [0.15, 0.2) is 5.60 Å². The number of hydrogen-bond donors (Lipinski definition) is 3. The molecule has 4 atom stereocenters. The van der Waals surface area contributed by atoms with Crippen molar-refractivity contribution in [2.24, 2.45) is 0 Å². The molecule has 0 aromatic heterocycles. The van der Waals surface area contributed by atoms with Gasteiger partial charge < -0.3 is 34.5 Å². The van der Waals surface area contributed by atoms with E-state index in [0.717, 1.165) is 12.1 Å². The lowest BCUT2D eigenvalue weighted by atomic mass is 9.78. The Hall–Kier alpha value is -2.77. The molecule has 1 aliphatic rings. The molecule has 0 radical (unpaired) electrons. The van der Waals surface area contributed by atoms with Crippen LogP contribution in [0.3, 0.4) is 0 Å². The second-order valence-corrected chi connectivity index (χ2v) is 8.63. The molecule has 37 heavy (non-hydrogen) atoms. The highest BCUT2D eigenvalue weighted by Crippen LogP contribution is 2.36. The standard InChI is InChI=1S/C25H29F4NO7/c1-34-10-9-30-23(33)24(36-15-17-6-2-3-8-19(17)26)12-20(31)22(32)21(13-24)35-14-16-5-4-7-18(11-16)37-25(27,28)29/h2-8,11,20-22,31-32H,9-10,12-15H2,1H3,(H,30,33)/t20-,21?,22-,24+/m1/s1. The van der Waals surface area contributed by atoms with Gasteiger partial charge in [-0.15, -0.1) is 13.2 Å². The van der Waals surface area contributed by atoms with Gasteiger partial charge in [0, 0.05) is 32.1 Å². The number of aliphatic hydroxyl groups is 2. The molecule has 0 aliphatic heterocycles. The maximum absolute atomic E-state index is 14.2. The Morgan fingerprint density at radius 1 is 1.11 bits per heavy atom. The Labute approximate surface area is 211 Å². The predicted molar refractivity (Wildman–Crippen MR) is 122 cm³/mol. The van der Waals surface area contributed by atoms with E-state index in [1.54, 1.807) is 6.07 Å². The Morgan fingerprint density at radius 3 is 2.57 bits per heavy atom. The zero-order chi connectivity index (χ0) is 27.1. The van der Waals surface area contributed by atoms with Crippen molar-refractivity contribution >= 4 is 5.91 Å². The smallest absolute Gasteiger partial charge is 0.406 e. The van der Waals surface area contributed by atoms with E-state index in [9.17, 15) is 32.6 Å². The third-order valence-electron chi connectivity index (χ3n) is 5.91. The Bertz CT molecular complexity index is 1040. The molecular weight excluding hydrogens is 502 g/mol. The summed E-state index contributed by atoms with van der Waals surface area (Å²) in [5.74, 6) is -1.60. The van der Waals surface area contributed by atoms with Crippen LogP contribution in [0.5, 0.6) is 5.75 Å². The number of benzene rings is 2. The number of halogens is 4. The van der Waals surface area contributed by atoms with Gasteiger partial charge in [0.05, 0.1) is 32.0 Å². The molecule has 8 nitrogen and oxygen atoms in total. The molecule has 3 N–H and O–H groups in total. The molecule has 0 spiro atoms. The fraction of sp³-hybridized carbons (Fsp3) is 0.480. The molecule has 204 valence electrons. The van der Waals surface area contributed by atoms with Crippen LogP contribution in [0.1, 0.15) is 24.0 Å². The van der Waals surface area contributed by atoms with Crippen LogP contribution < -0.4 is 10.1 Å². The summed E-state index contributed by atoms with van der Waals surface area (Å²) in [6.07, 6.45) is -9.36. The van der Waals surface area contributed by atoms with Gasteiger partial charge in [-0.2, -0.15) is 0 Å². The highest BCUT2D eigenvalue weighted by Gasteiger charge is 2.51. The topological polar surface area (TPSA) is 106 Å². The monoisotopic (exact) mass is 531 g/mol. The van der Waals surface area contributed by atoms with Crippen LogP contribution in [0, 0.1) is 5.82 Å². The lowest BCUT2D eigenvalue weighted by Gasteiger charge is -2.43. The van der Waals surface area contributed by atoms with Crippen molar-refractivity contribution < 1.29 is 51.5 Å². The van der Waals surface area contributed by atoms with Crippen molar-refractivity contribution in [2.75, 3.05) is 20.3 Å². The molecule has 3 rings (SSSR count). The summed E-state index contributed by atoms with van der Waals surface area (Å²) < 4.78 is 72.3. The van der Waals surface area contributed by atoms with E-state index >= 15 is 0 Å². The van der Waals surface area contributed by atoms with Crippen LogP contribution in [-0.2, 0) is 32.2 Å². The first-order valence-electron chi connectivity index (χ1n) is 11.5. The van der Waals surface area contributed by atoms with Crippen molar-refractivity contribution in [1.82, 2.24) is 5.32 Å². The molecule has 2 aromatic rings. The molecule has 1 fully saturated rings. The van der Waals surface area contributed by atoms with Gasteiger partial charge in [0.2, 0.25) is 0 Å². The minimum absolute atomic E-state index is 0.135. The van der Waals surface area contributed by atoms with Gasteiger partial charge in [0.25, 0.3) is 5.91 Å². The summed E-state index contributed by atoms with van der Waals surface area (Å²) in [7, 11) is 1.45. The Balaban J connectivity index is 1.78. The largest absolute Gasteiger partial charge is 0.573 e. The zero-order valence-electron chi connectivity index (χ0n) is 20.0. The zero-order valence-corrected chi connectivity index (χ0v) is 20.0. The second-order valence-electron chi connectivity index (χ2n) is 8.63. The first-order valence-corrected chi connectivity index (χ1v) is 11.5. The number of carbonyl (C=O) groups is 1. The fourth-order valence-electron chi connectivity index (χ4n) is 4.06. The first-order chi connectivity index (χ1) is 17.5. The maximum atomic E-state index is 14.2. The van der Waals surface area contributed by atoms with Gasteiger partial charge >= 0.3 is 6.36 Å². The van der Waals surface area contributed by atoms with E-state index in [1.807, 2.05) is 0 Å². The number of amides is 1. The van der Waals surface area contributed by atoms with Crippen molar-refractivity contribution in [3.8, 4) is 5.75 Å². The van der Waals surface area contributed by atoms with Gasteiger partial charge in [-0.25, -0.2) is 4.39 Å². The number of carbonyl (C=O) groups excluding carboxylic acids is 1. The number of rotatable bonds is 11. The van der Waals surface area contributed by atoms with Gasteiger partial charge in [-0.1, -0.05) is 30.3 Å². The predicted octanol–water partition coefficient (Wildman–Crippen LogP) is 2.84. The minimum atomic E-state index is -4.87. The summed E-state index contributed by atoms with van der Waals surface area (Å²) in [5.41, 5.74) is -1.21. The summed E-state index contributed by atoms with van der Waals surface area (Å²) in [5, 5.41) is 23.8. The van der Waals surface area contributed by atoms with E-state index in [-0.39, 0.29) is 44.8 Å². The molecule has 0 saturated heterocycles. The summed E-state index contributed by atoms with van der Waals surface area (Å²) in [6.45, 7) is -0.207. The molecular formula is C25H29F4NO7. The van der Waals surface area contributed by atoms with E-state index in [4.69, 9.17) is 14.2 Å². The van der Waals surface area contributed by atoms with Gasteiger partial charge in [0.1, 0.15) is 17.7 Å². The lowest BCUT2D eigenvalue weighted by Crippen LogP contribution is -2.60. The van der Waals surface area contributed by atoms with Crippen LogP contribution in [-0.4, -0.2) is 66.7 Å². The minimum Gasteiger partial charge on any atom is -0.406 e. The lowest BCUT2D eigenvalue weighted by molar-refractivity contribution is -0.274. The van der Waals surface area contributed by atoms with Crippen LogP contribution in [0.2, 0.25) is 0 Å². The number of aliphatic hydroxyl groups excluding tert-OH is 2. The molecule has 1 saturated carbocycles. The maximum Gasteiger partial charge on any atom is 0.573 e. The Morgan fingerprint density at radius 2 is 1.86 bits per heavy atom. The summed E-state index contributed by atoms with van der Waals surface area (Å²) >= 11 is 0. The van der Waals surface area contributed by atoms with E-state index in [0.29, 0.717) is 5.56 Å². The SMILES string of the molecule is COCCNC(=O)[C@@]1(OCc2ccccc2F)CC(OCc2cccc(OC(F)(F)F)c2)[C@H](O)[C@H](O)C1. The first kappa shape index (κ1) is 28.8. The second kappa shape index (κ2) is 12.7. The summed E-state index contributed by atoms with van der Waals surface area (Å²) in [6, 6.07) is 10.9. The fourth-order valence-corrected chi connectivity index (χ4v) is 4.06. The average Bonchev–Trinajstić information content (AvgIpc) is 2.84. The molecule has 0 heterocycles. The molecule has 12 heteroatoms. The average molecular weight is 531 g/mol. The third-order valence-corrected chi connectivity index (χ3v) is 5.91. The van der Waals surface area contributed by atoms with Crippen molar-refractivity contribution in [3.63, 3.8) is 0 Å². The van der Waals surface area contributed by atoms with E-state index < -0.39 is 47.7 Å². The number of hydrogen-bond acceptors (Lipinski definition) is 7. The quantitative estimate of drug-likeness (QED) is 0.303. The van der Waals surface area contributed by atoms with Crippen LogP contribution >= 0.6 is 0 Å². The highest BCUT2D eigenvalue weighted by molar-refractivity contribution is 5.85. The van der Waals surface area contributed by atoms with Crippen LogP contribution in [0.25, 0.3) is 0 Å². The van der Waals surface area contributed by atoms with Crippen molar-refractivity contribution in [2.45, 2.75) is 56.3 Å². The van der Waals surface area contributed by atoms with Crippen molar-refractivity contribution in [1.29, 1.82) is 0 Å². The number of methoxy groups -OCH3 is 1. The summed E-state index contributed by atoms with van der Waals surface area (Å²) in [4.78, 5) is 13.2. The van der Waals surface area contributed by atoms with Crippen LogP contribution in [0.4, 0.5) is 17.6 Å². The molecule has 1 amide bonds. The van der Waals surface area contributed by atoms with Crippen molar-refractivity contribution in [3.05, 3.63) is 65.5 Å². The van der Waals surface area contributed by atoms with Crippen LogP contribution in [0.15, 0.2) is 48.5 Å². The number of alkyl halides is 3. The Kier molecular flexibility index (Phi) is 9.85. The van der Waals surface area contributed by atoms with E-state index in [1.165, 1.54) is 37.4 Å². The molecule has 0 bridgehead atoms. The number of nitrogens with one attached hydrogen (secondary N) is 1. The van der Waals surface area contributed by atoms with E-state index in [2.05, 4.69) is 10.1 Å². The highest BCUT2D eigenvalue weighted by atomic mass is 19.4. The van der Waals surface area contributed by atoms with Gasteiger partial charge in [-0.05, 0) is 23.8 Å². The number of ether oxygens (including phenoxy) is 4. The molecule has 1 unspecified atom stereocenters. The third kappa shape index (κ3) is 8.11. The molecule has 2 aromatic carbocycles. The normalized spacial score (nSPS) is 24.0. The molecule has 1 aliphatic carbocycles.